The van der Waals surface area contributed by atoms with Crippen molar-refractivity contribution < 1.29 is 14.7 Å². The van der Waals surface area contributed by atoms with Gasteiger partial charge >= 0.3 is 0 Å². The van der Waals surface area contributed by atoms with Gasteiger partial charge in [0.05, 0.1) is 0 Å². The number of likely N-dealkylation sites (tertiary alicyclic amines) is 1. The third-order valence-corrected chi connectivity index (χ3v) is 7.07. The van der Waals surface area contributed by atoms with E-state index in [-0.39, 0.29) is 12.2 Å². The number of rotatable bonds is 2. The van der Waals surface area contributed by atoms with Gasteiger partial charge in [0.2, 0.25) is 0 Å². The number of carbonyl (C=O) groups is 2. The van der Waals surface area contributed by atoms with Gasteiger partial charge in [-0.25, -0.2) is 0 Å². The number of alkyl halides is 2. The number of hydrogen-bond donors (Lipinski definition) is 1. The Bertz CT molecular complexity index is 1050. The number of aromatic hydroxyl groups is 1. The van der Waals surface area contributed by atoms with Crippen molar-refractivity contribution in [1.82, 2.24) is 4.90 Å². The van der Waals surface area contributed by atoms with Crippen LogP contribution in [-0.2, 0) is 9.59 Å². The van der Waals surface area contributed by atoms with E-state index in [2.05, 4.69) is 6.58 Å². The molecule has 138 valence electrons. The SMILES string of the molecule is C=CC1=CCC2(Cl)C(=O)N(C)C(=O)C2(Cl)C1c1c(O)ccc2ccccc12. The van der Waals surface area contributed by atoms with Crippen LogP contribution in [0.25, 0.3) is 10.8 Å². The van der Waals surface area contributed by atoms with Gasteiger partial charge in [-0.1, -0.05) is 49.1 Å². The minimum Gasteiger partial charge on any atom is -0.508 e. The quantitative estimate of drug-likeness (QED) is 0.608. The molecule has 0 saturated carbocycles. The largest absolute Gasteiger partial charge is 0.508 e. The van der Waals surface area contributed by atoms with Gasteiger partial charge in [0.25, 0.3) is 11.8 Å². The highest BCUT2D eigenvalue weighted by Crippen LogP contribution is 2.60. The molecule has 4 nitrogen and oxygen atoms in total. The summed E-state index contributed by atoms with van der Waals surface area (Å²) in [4.78, 5) is 23.5. The van der Waals surface area contributed by atoms with Crippen molar-refractivity contribution >= 4 is 45.8 Å². The second kappa shape index (κ2) is 5.85. The molecule has 6 heteroatoms. The van der Waals surface area contributed by atoms with E-state index in [1.54, 1.807) is 24.3 Å². The lowest BCUT2D eigenvalue weighted by atomic mass is 9.67. The summed E-state index contributed by atoms with van der Waals surface area (Å²) in [6.45, 7) is 3.84. The van der Waals surface area contributed by atoms with Gasteiger partial charge in [-0.05, 0) is 28.8 Å². The number of benzene rings is 2. The number of fused-ring (bicyclic) bond motifs is 2. The fraction of sp³-hybridized carbons (Fsp3) is 0.238. The first-order valence-electron chi connectivity index (χ1n) is 8.51. The summed E-state index contributed by atoms with van der Waals surface area (Å²) < 4.78 is 0. The van der Waals surface area contributed by atoms with Crippen molar-refractivity contribution in [2.75, 3.05) is 7.05 Å². The normalized spacial score (nSPS) is 30.4. The van der Waals surface area contributed by atoms with Gasteiger partial charge < -0.3 is 5.11 Å². The Morgan fingerprint density at radius 3 is 2.59 bits per heavy atom. The first-order chi connectivity index (χ1) is 12.8. The Morgan fingerprint density at radius 1 is 1.19 bits per heavy atom. The first kappa shape index (κ1) is 18.1. The van der Waals surface area contributed by atoms with Crippen molar-refractivity contribution in [1.29, 1.82) is 0 Å². The molecule has 3 unspecified atom stereocenters. The van der Waals surface area contributed by atoms with Crippen LogP contribution in [0.15, 0.2) is 60.7 Å². The monoisotopic (exact) mass is 401 g/mol. The maximum atomic E-state index is 13.1. The Hall–Kier alpha value is -2.30. The van der Waals surface area contributed by atoms with E-state index in [9.17, 15) is 14.7 Å². The van der Waals surface area contributed by atoms with Crippen LogP contribution in [0.4, 0.5) is 0 Å². The van der Waals surface area contributed by atoms with E-state index in [1.807, 2.05) is 24.3 Å². The summed E-state index contributed by atoms with van der Waals surface area (Å²) in [5.74, 6) is -1.94. The predicted octanol–water partition coefficient (Wildman–Crippen LogP) is 4.10. The Balaban J connectivity index is 2.10. The molecule has 1 aliphatic heterocycles. The third-order valence-electron chi connectivity index (χ3n) is 5.66. The number of allylic oxidation sites excluding steroid dienone is 3. The Morgan fingerprint density at radius 2 is 1.89 bits per heavy atom. The van der Waals surface area contributed by atoms with Gasteiger partial charge in [0.1, 0.15) is 5.75 Å². The van der Waals surface area contributed by atoms with E-state index >= 15 is 0 Å². The summed E-state index contributed by atoms with van der Waals surface area (Å²) in [6.07, 6.45) is 3.48. The molecule has 27 heavy (non-hydrogen) atoms. The van der Waals surface area contributed by atoms with Gasteiger partial charge in [-0.3, -0.25) is 14.5 Å². The van der Waals surface area contributed by atoms with Gasteiger partial charge in [-0.15, -0.1) is 23.2 Å². The molecule has 3 atom stereocenters. The number of phenols is 1. The summed E-state index contributed by atoms with van der Waals surface area (Å²) >= 11 is 13.7. The zero-order chi connectivity index (χ0) is 19.6. The van der Waals surface area contributed by atoms with Crippen LogP contribution in [0.5, 0.6) is 5.75 Å². The highest BCUT2D eigenvalue weighted by atomic mass is 35.5. The van der Waals surface area contributed by atoms with Gasteiger partial charge in [0.15, 0.2) is 9.75 Å². The molecule has 2 amide bonds. The highest BCUT2D eigenvalue weighted by molar-refractivity contribution is 6.53. The first-order valence-corrected chi connectivity index (χ1v) is 9.26. The molecular formula is C21H17Cl2NO3. The minimum absolute atomic E-state index is 0.0119. The van der Waals surface area contributed by atoms with Crippen LogP contribution in [0.3, 0.4) is 0 Å². The molecular weight excluding hydrogens is 385 g/mol. The number of halogens is 2. The van der Waals surface area contributed by atoms with E-state index < -0.39 is 27.5 Å². The van der Waals surface area contributed by atoms with Crippen molar-refractivity contribution in [3.05, 3.63) is 66.3 Å². The molecule has 1 aliphatic carbocycles. The standard InChI is InChI=1S/C21H17Cl2NO3/c1-3-12-10-11-20(22)18(26)24(2)19(27)21(20,23)17(12)16-14-7-5-4-6-13(14)8-9-15(16)25/h3-10,17,25H,1,11H2,2H3. The molecule has 1 heterocycles. The molecule has 2 aromatic carbocycles. The maximum absolute atomic E-state index is 13.1. The van der Waals surface area contributed by atoms with E-state index in [4.69, 9.17) is 23.2 Å². The number of nitrogens with zero attached hydrogens (tertiary/aromatic N) is 1. The average Bonchev–Trinajstić information content (AvgIpc) is 2.80. The number of carbonyl (C=O) groups excluding carboxylic acids is 2. The average molecular weight is 402 g/mol. The van der Waals surface area contributed by atoms with Crippen molar-refractivity contribution in [2.45, 2.75) is 22.1 Å². The van der Waals surface area contributed by atoms with Crippen LogP contribution in [0.2, 0.25) is 0 Å². The zero-order valence-corrected chi connectivity index (χ0v) is 16.1. The van der Waals surface area contributed by atoms with E-state index in [1.165, 1.54) is 7.05 Å². The molecule has 2 aliphatic rings. The molecule has 0 radical (unpaired) electrons. The zero-order valence-electron chi connectivity index (χ0n) is 14.6. The van der Waals surface area contributed by atoms with Crippen molar-refractivity contribution in [3.63, 3.8) is 0 Å². The minimum atomic E-state index is -1.76. The molecule has 1 N–H and O–H groups in total. The fourth-order valence-corrected chi connectivity index (χ4v) is 5.19. The molecule has 0 spiro atoms. The lowest BCUT2D eigenvalue weighted by Gasteiger charge is -2.42. The molecule has 1 saturated heterocycles. The topological polar surface area (TPSA) is 57.6 Å². The number of imide groups is 1. The summed E-state index contributed by atoms with van der Waals surface area (Å²) in [5, 5.41) is 12.4. The van der Waals surface area contributed by atoms with Crippen LogP contribution in [0.1, 0.15) is 17.9 Å². The Labute approximate surface area is 166 Å². The second-order valence-electron chi connectivity index (χ2n) is 6.95. The molecule has 0 aromatic heterocycles. The predicted molar refractivity (Wildman–Crippen MR) is 106 cm³/mol. The smallest absolute Gasteiger partial charge is 0.253 e. The van der Waals surface area contributed by atoms with E-state index in [0.29, 0.717) is 11.1 Å². The molecule has 0 bridgehead atoms. The summed E-state index contributed by atoms with van der Waals surface area (Å²) in [5.41, 5.74) is 1.12. The van der Waals surface area contributed by atoms with E-state index in [0.717, 1.165) is 15.7 Å². The fourth-order valence-electron chi connectivity index (χ4n) is 4.28. The van der Waals surface area contributed by atoms with Crippen LogP contribution in [0, 0.1) is 0 Å². The van der Waals surface area contributed by atoms with Gasteiger partial charge in [0, 0.05) is 18.5 Å². The van der Waals surface area contributed by atoms with Gasteiger partial charge in [-0.2, -0.15) is 0 Å². The van der Waals surface area contributed by atoms with Crippen LogP contribution < -0.4 is 0 Å². The van der Waals surface area contributed by atoms with Crippen molar-refractivity contribution in [2.24, 2.45) is 0 Å². The number of hydrogen-bond acceptors (Lipinski definition) is 3. The highest BCUT2D eigenvalue weighted by Gasteiger charge is 2.72. The Kier molecular flexibility index (Phi) is 3.92. The molecule has 1 fully saturated rings. The number of amides is 2. The summed E-state index contributed by atoms with van der Waals surface area (Å²) in [6, 6.07) is 10.8. The summed E-state index contributed by atoms with van der Waals surface area (Å²) in [7, 11) is 1.38. The van der Waals surface area contributed by atoms with Crippen LogP contribution >= 0.6 is 23.2 Å². The van der Waals surface area contributed by atoms with Crippen molar-refractivity contribution in [3.8, 4) is 5.75 Å². The molecule has 2 aromatic rings. The van der Waals surface area contributed by atoms with Crippen LogP contribution in [-0.4, -0.2) is 38.6 Å². The molecule has 4 rings (SSSR count). The number of phenolic OH excluding ortho intramolecular Hbond substituents is 1. The third kappa shape index (κ3) is 2.11. The lowest BCUT2D eigenvalue weighted by Crippen LogP contribution is -2.54. The second-order valence-corrected chi connectivity index (χ2v) is 8.19. The lowest BCUT2D eigenvalue weighted by molar-refractivity contribution is -0.137. The maximum Gasteiger partial charge on any atom is 0.253 e.